The van der Waals surface area contributed by atoms with E-state index in [9.17, 15) is 4.79 Å². The standard InChI is InChI=1S/C22H18N2O2/c1-26-21(25)22(15-9-3-2-4-10-15)19-16-11-5-6-12-17(16)24(20(19)22)18-13-7-8-14-23-18/h2-14,19-20H,1H3/t19-,20+,22+/m0/s1. The van der Waals surface area contributed by atoms with Gasteiger partial charge >= 0.3 is 5.97 Å². The van der Waals surface area contributed by atoms with E-state index in [1.54, 1.807) is 6.20 Å². The van der Waals surface area contributed by atoms with Gasteiger partial charge in [-0.3, -0.25) is 4.79 Å². The number of fused-ring (bicyclic) bond motifs is 3. The Morgan fingerprint density at radius 3 is 2.46 bits per heavy atom. The molecule has 0 bridgehead atoms. The fourth-order valence-corrected chi connectivity index (χ4v) is 4.62. The minimum absolute atomic E-state index is 0.0235. The van der Waals surface area contributed by atoms with Crippen molar-refractivity contribution >= 4 is 17.5 Å². The predicted molar refractivity (Wildman–Crippen MR) is 99.5 cm³/mol. The molecule has 0 radical (unpaired) electrons. The maximum absolute atomic E-state index is 13.0. The van der Waals surface area contributed by atoms with Crippen molar-refractivity contribution < 1.29 is 9.53 Å². The van der Waals surface area contributed by atoms with Gasteiger partial charge < -0.3 is 9.64 Å². The van der Waals surface area contributed by atoms with E-state index in [1.807, 2.05) is 60.7 Å². The summed E-state index contributed by atoms with van der Waals surface area (Å²) in [4.78, 5) is 19.8. The van der Waals surface area contributed by atoms with Crippen molar-refractivity contribution in [1.82, 2.24) is 4.98 Å². The van der Waals surface area contributed by atoms with Gasteiger partial charge in [-0.1, -0.05) is 54.6 Å². The first kappa shape index (κ1) is 15.1. The van der Waals surface area contributed by atoms with Gasteiger partial charge in [-0.05, 0) is 29.3 Å². The highest BCUT2D eigenvalue weighted by Gasteiger charge is 2.77. The summed E-state index contributed by atoms with van der Waals surface area (Å²) in [5.74, 6) is 0.735. The van der Waals surface area contributed by atoms with Crippen molar-refractivity contribution in [2.75, 3.05) is 12.0 Å². The number of hydrogen-bond acceptors (Lipinski definition) is 4. The Bertz CT molecular complexity index is 974. The predicted octanol–water partition coefficient (Wildman–Crippen LogP) is 3.81. The highest BCUT2D eigenvalue weighted by atomic mass is 16.5. The summed E-state index contributed by atoms with van der Waals surface area (Å²) < 4.78 is 5.28. The fourth-order valence-electron chi connectivity index (χ4n) is 4.62. The number of rotatable bonds is 3. The molecule has 0 unspecified atom stereocenters. The molecule has 3 atom stereocenters. The van der Waals surface area contributed by atoms with Crippen molar-refractivity contribution in [3.05, 3.63) is 90.1 Å². The Morgan fingerprint density at radius 1 is 1.00 bits per heavy atom. The van der Waals surface area contributed by atoms with Crippen LogP contribution in [0.15, 0.2) is 79.0 Å². The maximum atomic E-state index is 13.0. The molecule has 0 saturated heterocycles. The van der Waals surface area contributed by atoms with Crippen LogP contribution in [-0.2, 0) is 14.9 Å². The average Bonchev–Trinajstić information content (AvgIpc) is 3.27. The van der Waals surface area contributed by atoms with E-state index >= 15 is 0 Å². The third-order valence-electron chi connectivity index (χ3n) is 5.64. The van der Waals surface area contributed by atoms with Crippen molar-refractivity contribution in [3.63, 3.8) is 0 Å². The number of esters is 1. The zero-order valence-electron chi connectivity index (χ0n) is 14.4. The van der Waals surface area contributed by atoms with Crippen molar-refractivity contribution in [2.24, 2.45) is 0 Å². The number of pyridine rings is 1. The van der Waals surface area contributed by atoms with Gasteiger partial charge in [0.25, 0.3) is 0 Å². The molecule has 1 fully saturated rings. The van der Waals surface area contributed by atoms with Crippen LogP contribution >= 0.6 is 0 Å². The summed E-state index contributed by atoms with van der Waals surface area (Å²) in [6.45, 7) is 0. The first-order valence-electron chi connectivity index (χ1n) is 8.73. The number of carbonyl (C=O) groups excluding carboxylic acids is 1. The van der Waals surface area contributed by atoms with Crippen LogP contribution in [0.5, 0.6) is 0 Å². The van der Waals surface area contributed by atoms with Crippen molar-refractivity contribution in [2.45, 2.75) is 17.4 Å². The Balaban J connectivity index is 1.73. The highest BCUT2D eigenvalue weighted by Crippen LogP contribution is 2.70. The van der Waals surface area contributed by atoms with Crippen LogP contribution < -0.4 is 4.90 Å². The maximum Gasteiger partial charge on any atom is 0.319 e. The number of nitrogens with zero attached hydrogens (tertiary/aromatic N) is 2. The second-order valence-corrected chi connectivity index (χ2v) is 6.77. The molecule has 2 heterocycles. The van der Waals surface area contributed by atoms with Gasteiger partial charge in [0, 0.05) is 17.8 Å². The molecule has 0 amide bonds. The monoisotopic (exact) mass is 342 g/mol. The van der Waals surface area contributed by atoms with Crippen LogP contribution in [0.4, 0.5) is 11.5 Å². The SMILES string of the molecule is COC(=O)[C@]1(c2ccccc2)[C@H]2c3ccccc3N(c3ccccn3)[C@H]21. The lowest BCUT2D eigenvalue weighted by molar-refractivity contribution is -0.144. The molecule has 26 heavy (non-hydrogen) atoms. The first-order valence-corrected chi connectivity index (χ1v) is 8.73. The van der Waals surface area contributed by atoms with Gasteiger partial charge in [0.2, 0.25) is 0 Å². The number of anilines is 2. The zero-order valence-corrected chi connectivity index (χ0v) is 14.4. The minimum atomic E-state index is -0.693. The topological polar surface area (TPSA) is 42.4 Å². The van der Waals surface area contributed by atoms with Gasteiger partial charge in [-0.25, -0.2) is 4.98 Å². The van der Waals surface area contributed by atoms with E-state index < -0.39 is 5.41 Å². The van der Waals surface area contributed by atoms with Gasteiger partial charge in [-0.15, -0.1) is 0 Å². The molecule has 1 aliphatic heterocycles. The van der Waals surface area contributed by atoms with E-state index in [0.29, 0.717) is 0 Å². The first-order chi connectivity index (χ1) is 12.8. The molecule has 0 spiro atoms. The van der Waals surface area contributed by atoms with E-state index in [2.05, 4.69) is 22.0 Å². The lowest BCUT2D eigenvalue weighted by Gasteiger charge is -2.28. The Morgan fingerprint density at radius 2 is 1.73 bits per heavy atom. The summed E-state index contributed by atoms with van der Waals surface area (Å²) >= 11 is 0. The fraction of sp³-hybridized carbons (Fsp3) is 0.182. The van der Waals surface area contributed by atoms with Crippen LogP contribution in [0, 0.1) is 0 Å². The molecule has 0 N–H and O–H groups in total. The Hall–Kier alpha value is -3.14. The molecule has 1 saturated carbocycles. The number of ether oxygens (including phenoxy) is 1. The number of benzene rings is 2. The van der Waals surface area contributed by atoms with E-state index in [1.165, 1.54) is 12.7 Å². The minimum Gasteiger partial charge on any atom is -0.468 e. The molecule has 4 heteroatoms. The van der Waals surface area contributed by atoms with Gasteiger partial charge in [0.05, 0.1) is 13.2 Å². The lowest BCUT2D eigenvalue weighted by atomic mass is 9.88. The molecule has 4 nitrogen and oxygen atoms in total. The molecule has 2 aliphatic rings. The van der Waals surface area contributed by atoms with Crippen molar-refractivity contribution in [1.29, 1.82) is 0 Å². The molecule has 1 aliphatic carbocycles. The average molecular weight is 342 g/mol. The molecule has 3 aromatic rings. The van der Waals surface area contributed by atoms with Crippen LogP contribution in [-0.4, -0.2) is 24.1 Å². The smallest absolute Gasteiger partial charge is 0.319 e. The number of aromatic nitrogens is 1. The third kappa shape index (κ3) is 1.79. The largest absolute Gasteiger partial charge is 0.468 e. The van der Waals surface area contributed by atoms with E-state index in [4.69, 9.17) is 4.74 Å². The molecule has 2 aromatic carbocycles. The normalized spacial score (nSPS) is 25.3. The summed E-state index contributed by atoms with van der Waals surface area (Å²) in [6.07, 6.45) is 1.79. The molecular formula is C22H18N2O2. The summed E-state index contributed by atoms with van der Waals surface area (Å²) in [7, 11) is 1.47. The van der Waals surface area contributed by atoms with Crippen LogP contribution in [0.3, 0.4) is 0 Å². The van der Waals surface area contributed by atoms with Crippen LogP contribution in [0.25, 0.3) is 0 Å². The van der Waals surface area contributed by atoms with Gasteiger partial charge in [0.15, 0.2) is 0 Å². The zero-order chi connectivity index (χ0) is 17.7. The van der Waals surface area contributed by atoms with Gasteiger partial charge in [-0.2, -0.15) is 0 Å². The highest BCUT2D eigenvalue weighted by molar-refractivity contribution is 5.97. The number of hydrogen-bond donors (Lipinski definition) is 0. The molecule has 1 aromatic heterocycles. The van der Waals surface area contributed by atoms with E-state index in [0.717, 1.165) is 17.1 Å². The lowest BCUT2D eigenvalue weighted by Crippen LogP contribution is -2.35. The Labute approximate surface area is 152 Å². The van der Waals surface area contributed by atoms with Crippen LogP contribution in [0.1, 0.15) is 17.0 Å². The summed E-state index contributed by atoms with van der Waals surface area (Å²) in [5, 5.41) is 0. The summed E-state index contributed by atoms with van der Waals surface area (Å²) in [5.41, 5.74) is 2.60. The van der Waals surface area contributed by atoms with Crippen LogP contribution in [0.2, 0.25) is 0 Å². The second kappa shape index (κ2) is 5.43. The number of para-hydroxylation sites is 1. The Kier molecular flexibility index (Phi) is 3.16. The number of carbonyl (C=O) groups is 1. The van der Waals surface area contributed by atoms with Gasteiger partial charge in [0.1, 0.15) is 11.2 Å². The molecular weight excluding hydrogens is 324 g/mol. The molecule has 5 rings (SSSR count). The van der Waals surface area contributed by atoms with E-state index in [-0.39, 0.29) is 17.9 Å². The van der Waals surface area contributed by atoms with Crippen molar-refractivity contribution in [3.8, 4) is 0 Å². The molecule has 128 valence electrons. The summed E-state index contributed by atoms with van der Waals surface area (Å²) in [6, 6.07) is 24.1. The quantitative estimate of drug-likeness (QED) is 0.679. The third-order valence-corrected chi connectivity index (χ3v) is 5.64. The number of methoxy groups -OCH3 is 1. The second-order valence-electron chi connectivity index (χ2n) is 6.77.